The standard InChI is InChI=1S/C8H9NO3S/c1-12-8-4-2-3-7(5-8)6-9-13(10)11/h2-5H,6H2,1H3. The van der Waals surface area contributed by atoms with E-state index in [1.807, 2.05) is 0 Å². The van der Waals surface area contributed by atoms with E-state index in [2.05, 4.69) is 4.36 Å². The first-order chi connectivity index (χ1) is 6.22. The second-order valence-corrected chi connectivity index (χ2v) is 3.05. The highest BCUT2D eigenvalue weighted by Crippen LogP contribution is 2.12. The van der Waals surface area contributed by atoms with Crippen LogP contribution in [0.4, 0.5) is 0 Å². The molecule has 0 fully saturated rings. The first-order valence-electron chi connectivity index (χ1n) is 3.62. The first-order valence-corrected chi connectivity index (χ1v) is 4.65. The van der Waals surface area contributed by atoms with Crippen molar-refractivity contribution in [3.05, 3.63) is 29.8 Å². The van der Waals surface area contributed by atoms with Crippen molar-refractivity contribution < 1.29 is 13.2 Å². The molecule has 1 rings (SSSR count). The summed E-state index contributed by atoms with van der Waals surface area (Å²) in [6, 6.07) is 7.12. The average Bonchev–Trinajstić information content (AvgIpc) is 2.15. The zero-order valence-electron chi connectivity index (χ0n) is 7.10. The molecular formula is C8H9NO3S. The Morgan fingerprint density at radius 2 is 2.23 bits per heavy atom. The highest BCUT2D eigenvalue weighted by Gasteiger charge is 1.93. The topological polar surface area (TPSA) is 55.7 Å². The lowest BCUT2D eigenvalue weighted by Crippen LogP contribution is -1.85. The monoisotopic (exact) mass is 199 g/mol. The van der Waals surface area contributed by atoms with Gasteiger partial charge in [0.25, 0.3) is 0 Å². The van der Waals surface area contributed by atoms with E-state index in [1.165, 1.54) is 0 Å². The summed E-state index contributed by atoms with van der Waals surface area (Å²) < 4.78 is 28.6. The molecule has 0 amide bonds. The van der Waals surface area contributed by atoms with E-state index in [-0.39, 0.29) is 6.54 Å². The zero-order valence-corrected chi connectivity index (χ0v) is 7.91. The van der Waals surface area contributed by atoms with Crippen molar-refractivity contribution in [2.24, 2.45) is 4.36 Å². The predicted octanol–water partition coefficient (Wildman–Crippen LogP) is 1.26. The molecule has 13 heavy (non-hydrogen) atoms. The quantitative estimate of drug-likeness (QED) is 0.736. The van der Waals surface area contributed by atoms with Crippen LogP contribution in [0, 0.1) is 0 Å². The van der Waals surface area contributed by atoms with Gasteiger partial charge in [-0.05, 0) is 17.7 Å². The van der Waals surface area contributed by atoms with Gasteiger partial charge in [-0.15, -0.1) is 0 Å². The summed E-state index contributed by atoms with van der Waals surface area (Å²) in [4.78, 5) is 0. The van der Waals surface area contributed by atoms with E-state index >= 15 is 0 Å². The zero-order chi connectivity index (χ0) is 9.68. The molecule has 4 nitrogen and oxygen atoms in total. The Morgan fingerprint density at radius 3 is 2.85 bits per heavy atom. The van der Waals surface area contributed by atoms with Gasteiger partial charge in [0.2, 0.25) is 0 Å². The number of benzene rings is 1. The highest BCUT2D eigenvalue weighted by atomic mass is 32.2. The molecule has 0 heterocycles. The van der Waals surface area contributed by atoms with Gasteiger partial charge in [-0.25, -0.2) is 0 Å². The van der Waals surface area contributed by atoms with Gasteiger partial charge in [0.15, 0.2) is 0 Å². The minimum atomic E-state index is -2.34. The van der Waals surface area contributed by atoms with Crippen LogP contribution in [0.25, 0.3) is 0 Å². The molecule has 0 N–H and O–H groups in total. The summed E-state index contributed by atoms with van der Waals surface area (Å²) in [5, 5.41) is 0. The van der Waals surface area contributed by atoms with Crippen LogP contribution in [0.2, 0.25) is 0 Å². The molecule has 0 aliphatic carbocycles. The molecule has 1 aromatic rings. The second kappa shape index (κ2) is 4.61. The fraction of sp³-hybridized carbons (Fsp3) is 0.250. The SMILES string of the molecule is COc1cccc(CN=S(=O)=O)c1. The van der Waals surface area contributed by atoms with Crippen molar-refractivity contribution in [3.8, 4) is 5.75 Å². The third kappa shape index (κ3) is 3.25. The third-order valence-corrected chi connectivity index (χ3v) is 1.83. The predicted molar refractivity (Wildman–Crippen MR) is 48.0 cm³/mol. The molecule has 0 spiro atoms. The Kier molecular flexibility index (Phi) is 3.45. The minimum Gasteiger partial charge on any atom is -0.497 e. The van der Waals surface area contributed by atoms with Crippen LogP contribution in [0.5, 0.6) is 5.75 Å². The summed E-state index contributed by atoms with van der Waals surface area (Å²) in [6.07, 6.45) is 0. The molecule has 0 aromatic heterocycles. The Labute approximate surface area is 77.9 Å². The molecule has 1 aromatic carbocycles. The lowest BCUT2D eigenvalue weighted by atomic mass is 10.2. The van der Waals surface area contributed by atoms with Crippen molar-refractivity contribution >= 4 is 10.5 Å². The summed E-state index contributed by atoms with van der Waals surface area (Å²) >= 11 is 0. The van der Waals surface area contributed by atoms with Gasteiger partial charge in [-0.1, -0.05) is 12.1 Å². The molecule has 5 heteroatoms. The van der Waals surface area contributed by atoms with Crippen LogP contribution in [0.1, 0.15) is 5.56 Å². The lowest BCUT2D eigenvalue weighted by Gasteiger charge is -1.99. The molecule has 0 unspecified atom stereocenters. The van der Waals surface area contributed by atoms with Crippen molar-refractivity contribution in [1.29, 1.82) is 0 Å². The minimum absolute atomic E-state index is 0.160. The van der Waals surface area contributed by atoms with E-state index in [9.17, 15) is 8.42 Å². The average molecular weight is 199 g/mol. The smallest absolute Gasteiger partial charge is 0.311 e. The maximum absolute atomic E-state index is 10.1. The second-order valence-electron chi connectivity index (χ2n) is 2.36. The molecule has 0 saturated carbocycles. The van der Waals surface area contributed by atoms with Crippen molar-refractivity contribution in [2.75, 3.05) is 7.11 Å². The van der Waals surface area contributed by atoms with Crippen LogP contribution in [-0.2, 0) is 17.0 Å². The van der Waals surface area contributed by atoms with Crippen LogP contribution in [0.15, 0.2) is 28.6 Å². The third-order valence-electron chi connectivity index (χ3n) is 1.49. The van der Waals surface area contributed by atoms with Gasteiger partial charge >= 0.3 is 10.5 Å². The van der Waals surface area contributed by atoms with Gasteiger partial charge in [-0.3, -0.25) is 0 Å². The fourth-order valence-electron chi connectivity index (χ4n) is 0.898. The van der Waals surface area contributed by atoms with Crippen LogP contribution < -0.4 is 4.74 Å². The van der Waals surface area contributed by atoms with Gasteiger partial charge < -0.3 is 4.74 Å². The lowest BCUT2D eigenvalue weighted by molar-refractivity contribution is 0.414. The summed E-state index contributed by atoms with van der Waals surface area (Å²) in [5.41, 5.74) is 0.809. The van der Waals surface area contributed by atoms with E-state index < -0.39 is 10.5 Å². The van der Waals surface area contributed by atoms with E-state index in [1.54, 1.807) is 31.4 Å². The van der Waals surface area contributed by atoms with E-state index in [0.717, 1.165) is 5.56 Å². The van der Waals surface area contributed by atoms with Gasteiger partial charge in [0.1, 0.15) is 5.75 Å². The Balaban J connectivity index is 2.83. The summed E-state index contributed by atoms with van der Waals surface area (Å²) in [5.74, 6) is 0.699. The summed E-state index contributed by atoms with van der Waals surface area (Å²) in [6.45, 7) is 0.160. The molecule has 0 saturated heterocycles. The Bertz CT molecular complexity index is 403. The van der Waals surface area contributed by atoms with E-state index in [0.29, 0.717) is 5.75 Å². The number of rotatable bonds is 3. The maximum Gasteiger partial charge on any atom is 0.311 e. The molecule has 70 valence electrons. The number of hydrogen-bond acceptors (Lipinski definition) is 4. The molecule has 0 atom stereocenters. The maximum atomic E-state index is 10.1. The summed E-state index contributed by atoms with van der Waals surface area (Å²) in [7, 11) is -0.783. The number of methoxy groups -OCH3 is 1. The fourth-order valence-corrected chi connectivity index (χ4v) is 1.15. The molecule has 0 radical (unpaired) electrons. The molecule has 0 aliphatic heterocycles. The van der Waals surface area contributed by atoms with Gasteiger partial charge in [-0.2, -0.15) is 12.8 Å². The number of nitrogens with zero attached hydrogens (tertiary/aromatic N) is 1. The highest BCUT2D eigenvalue weighted by molar-refractivity contribution is 7.61. The van der Waals surface area contributed by atoms with E-state index in [4.69, 9.17) is 4.74 Å². The van der Waals surface area contributed by atoms with Crippen LogP contribution in [0.3, 0.4) is 0 Å². The first kappa shape index (κ1) is 9.73. The van der Waals surface area contributed by atoms with Crippen molar-refractivity contribution in [3.63, 3.8) is 0 Å². The number of hydrogen-bond donors (Lipinski definition) is 0. The molecular weight excluding hydrogens is 190 g/mol. The van der Waals surface area contributed by atoms with Gasteiger partial charge in [0, 0.05) is 0 Å². The Hall–Kier alpha value is -1.36. The largest absolute Gasteiger partial charge is 0.497 e. The molecule has 0 aliphatic rings. The van der Waals surface area contributed by atoms with Crippen LogP contribution >= 0.6 is 0 Å². The number of ether oxygens (including phenoxy) is 1. The molecule has 0 bridgehead atoms. The van der Waals surface area contributed by atoms with Crippen molar-refractivity contribution in [2.45, 2.75) is 6.54 Å². The Morgan fingerprint density at radius 1 is 1.46 bits per heavy atom. The normalized spacial score (nSPS) is 9.31. The van der Waals surface area contributed by atoms with Gasteiger partial charge in [0.05, 0.1) is 13.7 Å². The van der Waals surface area contributed by atoms with Crippen LogP contribution in [-0.4, -0.2) is 15.5 Å². The van der Waals surface area contributed by atoms with Crippen molar-refractivity contribution in [1.82, 2.24) is 0 Å².